The summed E-state index contributed by atoms with van der Waals surface area (Å²) < 4.78 is 0. The van der Waals surface area contributed by atoms with Crippen molar-refractivity contribution in [1.29, 1.82) is 0 Å². The molecule has 0 aliphatic carbocycles. The lowest BCUT2D eigenvalue weighted by molar-refractivity contribution is -0.132. The number of aliphatic hydroxyl groups is 1. The number of amides is 2. The summed E-state index contributed by atoms with van der Waals surface area (Å²) in [7, 11) is 1.00. The number of carbonyl (C=O) groups excluding carboxylic acids is 2. The Kier molecular flexibility index (Phi) is 11.4. The lowest BCUT2D eigenvalue weighted by Crippen LogP contribution is -2.44. The number of hydrogen-bond acceptors (Lipinski definition) is 4. The molecule has 1 atom stereocenters. The van der Waals surface area contributed by atoms with Gasteiger partial charge >= 0.3 is 0 Å². The standard InChI is InChI=1S/C22H30ClN3O2.CH4O/c1-4-5-6-17-13-26(20(27)11-15(2)3)14-19(22(24)28)21(17)25-12-16-7-9-18(23)10-8-16;1-2/h7-10,12,15,17H,4-6,11,13-14H2,1-3H3,(H2,24,28);2H,1H3. The zero-order valence-electron chi connectivity index (χ0n) is 18.4. The molecule has 0 bridgehead atoms. The van der Waals surface area contributed by atoms with Crippen LogP contribution in [0, 0.1) is 11.8 Å². The second kappa shape index (κ2) is 13.2. The van der Waals surface area contributed by atoms with Crippen LogP contribution in [0.15, 0.2) is 40.5 Å². The molecule has 1 aromatic carbocycles. The third-order valence-corrected chi connectivity index (χ3v) is 5.10. The van der Waals surface area contributed by atoms with Crippen molar-refractivity contribution in [3.05, 3.63) is 46.1 Å². The number of aliphatic imine (C=N–C) groups is 1. The predicted octanol–water partition coefficient (Wildman–Crippen LogP) is 3.80. The molecule has 0 saturated heterocycles. The van der Waals surface area contributed by atoms with Crippen LogP contribution in [0.3, 0.4) is 0 Å². The fourth-order valence-electron chi connectivity index (χ4n) is 3.36. The monoisotopic (exact) mass is 435 g/mol. The van der Waals surface area contributed by atoms with Crippen molar-refractivity contribution < 1.29 is 14.7 Å². The summed E-state index contributed by atoms with van der Waals surface area (Å²) in [4.78, 5) is 31.2. The third kappa shape index (κ3) is 7.92. The lowest BCUT2D eigenvalue weighted by atomic mass is 9.90. The highest BCUT2D eigenvalue weighted by Crippen LogP contribution is 2.29. The number of carbonyl (C=O) groups is 2. The minimum atomic E-state index is -0.508. The van der Waals surface area contributed by atoms with Crippen molar-refractivity contribution in [3.8, 4) is 0 Å². The number of nitrogens with two attached hydrogens (primary N) is 1. The number of aliphatic hydroxyl groups excluding tert-OH is 1. The van der Waals surface area contributed by atoms with E-state index in [2.05, 4.69) is 11.9 Å². The first-order chi connectivity index (χ1) is 14.3. The molecule has 6 nitrogen and oxygen atoms in total. The highest BCUT2D eigenvalue weighted by Gasteiger charge is 2.32. The summed E-state index contributed by atoms with van der Waals surface area (Å²) >= 11 is 5.93. The Hall–Kier alpha value is -2.18. The maximum Gasteiger partial charge on any atom is 0.248 e. The van der Waals surface area contributed by atoms with E-state index in [0.29, 0.717) is 29.3 Å². The average Bonchev–Trinajstić information content (AvgIpc) is 2.72. The SMILES string of the molecule is CCCCC1CN(C(=O)CC(C)C)CC(C(N)=O)=C1N=Cc1ccc(Cl)cc1.CO. The van der Waals surface area contributed by atoms with Crippen molar-refractivity contribution in [2.45, 2.75) is 46.5 Å². The van der Waals surface area contributed by atoms with Gasteiger partial charge in [-0.15, -0.1) is 0 Å². The largest absolute Gasteiger partial charge is 0.400 e. The number of hydrogen-bond donors (Lipinski definition) is 2. The zero-order chi connectivity index (χ0) is 22.7. The van der Waals surface area contributed by atoms with Crippen molar-refractivity contribution in [3.63, 3.8) is 0 Å². The molecule has 1 aliphatic heterocycles. The van der Waals surface area contributed by atoms with Gasteiger partial charge in [0.2, 0.25) is 11.8 Å². The maximum absolute atomic E-state index is 12.6. The molecule has 1 unspecified atom stereocenters. The number of rotatable bonds is 8. The van der Waals surface area contributed by atoms with Crippen LogP contribution in [0.2, 0.25) is 5.02 Å². The molecule has 0 aromatic heterocycles. The molecular weight excluding hydrogens is 402 g/mol. The molecular formula is C23H34ClN3O3. The Morgan fingerprint density at radius 1 is 1.30 bits per heavy atom. The molecule has 2 amide bonds. The molecule has 166 valence electrons. The fourth-order valence-corrected chi connectivity index (χ4v) is 3.49. The van der Waals surface area contributed by atoms with Gasteiger partial charge in [0.15, 0.2) is 0 Å². The summed E-state index contributed by atoms with van der Waals surface area (Å²) in [6, 6.07) is 7.35. The Morgan fingerprint density at radius 3 is 2.47 bits per heavy atom. The van der Waals surface area contributed by atoms with Crippen LogP contribution in [0.1, 0.15) is 52.0 Å². The van der Waals surface area contributed by atoms with Crippen LogP contribution in [0.5, 0.6) is 0 Å². The molecule has 2 rings (SSSR count). The van der Waals surface area contributed by atoms with E-state index in [0.717, 1.165) is 31.9 Å². The summed E-state index contributed by atoms with van der Waals surface area (Å²) in [5.41, 5.74) is 7.72. The summed E-state index contributed by atoms with van der Waals surface area (Å²) in [5, 5.41) is 7.66. The minimum absolute atomic E-state index is 0.0101. The van der Waals surface area contributed by atoms with Gasteiger partial charge in [0.05, 0.1) is 17.8 Å². The van der Waals surface area contributed by atoms with Crippen molar-refractivity contribution >= 4 is 29.6 Å². The Labute approximate surface area is 184 Å². The first kappa shape index (κ1) is 25.9. The summed E-state index contributed by atoms with van der Waals surface area (Å²) in [6.07, 6.45) is 5.11. The van der Waals surface area contributed by atoms with Crippen LogP contribution >= 0.6 is 11.6 Å². The molecule has 0 fully saturated rings. The molecule has 0 spiro atoms. The van der Waals surface area contributed by atoms with Gasteiger partial charge in [-0.3, -0.25) is 14.6 Å². The Balaban J connectivity index is 0.00000218. The fraction of sp³-hybridized carbons (Fsp3) is 0.522. The quantitative estimate of drug-likeness (QED) is 0.607. The highest BCUT2D eigenvalue weighted by molar-refractivity contribution is 6.30. The van der Waals surface area contributed by atoms with E-state index in [1.54, 1.807) is 23.2 Å². The zero-order valence-corrected chi connectivity index (χ0v) is 19.2. The first-order valence-electron chi connectivity index (χ1n) is 10.4. The molecule has 1 heterocycles. The number of nitrogens with zero attached hydrogens (tertiary/aromatic N) is 2. The van der Waals surface area contributed by atoms with Crippen molar-refractivity contribution in [2.24, 2.45) is 22.6 Å². The first-order valence-corrected chi connectivity index (χ1v) is 10.7. The van der Waals surface area contributed by atoms with Gasteiger partial charge in [0.1, 0.15) is 0 Å². The van der Waals surface area contributed by atoms with E-state index in [4.69, 9.17) is 22.4 Å². The molecule has 1 aromatic rings. The Bertz CT molecular complexity index is 757. The van der Waals surface area contributed by atoms with Crippen LogP contribution in [0.25, 0.3) is 0 Å². The van der Waals surface area contributed by atoms with Gasteiger partial charge in [-0.05, 0) is 30.0 Å². The van der Waals surface area contributed by atoms with E-state index in [1.807, 2.05) is 26.0 Å². The smallest absolute Gasteiger partial charge is 0.248 e. The van der Waals surface area contributed by atoms with E-state index >= 15 is 0 Å². The molecule has 3 N–H and O–H groups in total. The second-order valence-corrected chi connectivity index (χ2v) is 8.19. The molecule has 0 radical (unpaired) electrons. The van der Waals surface area contributed by atoms with Crippen LogP contribution in [-0.4, -0.2) is 48.2 Å². The van der Waals surface area contributed by atoms with Crippen molar-refractivity contribution in [2.75, 3.05) is 20.2 Å². The number of primary amides is 1. The summed E-state index contributed by atoms with van der Waals surface area (Å²) in [6.45, 7) is 6.97. The highest BCUT2D eigenvalue weighted by atomic mass is 35.5. The Morgan fingerprint density at radius 2 is 1.93 bits per heavy atom. The van der Waals surface area contributed by atoms with Gasteiger partial charge in [-0.1, -0.05) is 57.3 Å². The molecule has 30 heavy (non-hydrogen) atoms. The van der Waals surface area contributed by atoms with E-state index in [1.165, 1.54) is 0 Å². The van der Waals surface area contributed by atoms with Gasteiger partial charge < -0.3 is 15.7 Å². The van der Waals surface area contributed by atoms with Crippen molar-refractivity contribution in [1.82, 2.24) is 4.90 Å². The predicted molar refractivity (Wildman–Crippen MR) is 122 cm³/mol. The van der Waals surface area contributed by atoms with E-state index in [-0.39, 0.29) is 24.3 Å². The lowest BCUT2D eigenvalue weighted by Gasteiger charge is -2.34. The van der Waals surface area contributed by atoms with Gasteiger partial charge in [0, 0.05) is 37.2 Å². The van der Waals surface area contributed by atoms with Gasteiger partial charge in [-0.2, -0.15) is 0 Å². The normalized spacial score (nSPS) is 16.6. The van der Waals surface area contributed by atoms with E-state index in [9.17, 15) is 9.59 Å². The topological polar surface area (TPSA) is 96.0 Å². The minimum Gasteiger partial charge on any atom is -0.400 e. The van der Waals surface area contributed by atoms with Crippen LogP contribution in [-0.2, 0) is 9.59 Å². The molecule has 0 saturated carbocycles. The molecule has 1 aliphatic rings. The average molecular weight is 436 g/mol. The summed E-state index contributed by atoms with van der Waals surface area (Å²) in [5.74, 6) is -0.162. The number of benzene rings is 1. The van der Waals surface area contributed by atoms with Gasteiger partial charge in [0.25, 0.3) is 0 Å². The van der Waals surface area contributed by atoms with Gasteiger partial charge in [-0.25, -0.2) is 0 Å². The van der Waals surface area contributed by atoms with Crippen LogP contribution in [0.4, 0.5) is 0 Å². The third-order valence-electron chi connectivity index (χ3n) is 4.85. The van der Waals surface area contributed by atoms with E-state index < -0.39 is 5.91 Å². The molecule has 7 heteroatoms. The second-order valence-electron chi connectivity index (χ2n) is 7.75. The number of halogens is 1. The maximum atomic E-state index is 12.6. The van der Waals surface area contributed by atoms with Crippen LogP contribution < -0.4 is 5.73 Å². The number of unbranched alkanes of at least 4 members (excludes halogenated alkanes) is 1.